The van der Waals surface area contributed by atoms with Gasteiger partial charge in [0.25, 0.3) is 6.01 Å². The van der Waals surface area contributed by atoms with Crippen LogP contribution in [0.3, 0.4) is 0 Å². The van der Waals surface area contributed by atoms with E-state index in [0.29, 0.717) is 22.8 Å². The summed E-state index contributed by atoms with van der Waals surface area (Å²) in [5.41, 5.74) is 0.525. The second kappa shape index (κ2) is 7.12. The number of nitrogens with zero attached hydrogens (tertiary/aromatic N) is 4. The minimum atomic E-state index is -4.44. The number of alkyl halides is 3. The third kappa shape index (κ3) is 3.73. The summed E-state index contributed by atoms with van der Waals surface area (Å²) in [5, 5.41) is 2.95. The lowest BCUT2D eigenvalue weighted by atomic mass is 10.1. The highest BCUT2D eigenvalue weighted by atomic mass is 19.4. The molecule has 0 aliphatic carbocycles. The molecule has 3 aromatic rings. The quantitative estimate of drug-likeness (QED) is 0.718. The number of rotatable bonds is 4. The van der Waals surface area contributed by atoms with E-state index in [1.54, 1.807) is 30.1 Å². The number of likely N-dealkylation sites (N-methyl/N-ethyl adjacent to an activating group) is 1. The minimum Gasteiger partial charge on any atom is -0.432 e. The Hall–Kier alpha value is -3.56. The summed E-state index contributed by atoms with van der Waals surface area (Å²) in [6.07, 6.45) is -1.55. The fourth-order valence-corrected chi connectivity index (χ4v) is 3.03. The molecule has 0 fully saturated rings. The molecule has 0 spiro atoms. The predicted octanol–water partition coefficient (Wildman–Crippen LogP) is 3.61. The van der Waals surface area contributed by atoms with Crippen LogP contribution >= 0.6 is 0 Å². The molecule has 1 amide bonds. The third-order valence-electron chi connectivity index (χ3n) is 4.55. The molecule has 7 nitrogen and oxygen atoms in total. The second-order valence-electron chi connectivity index (χ2n) is 6.44. The van der Waals surface area contributed by atoms with Crippen LogP contribution in [0.4, 0.5) is 30.7 Å². The molecular weight excluding hydrogens is 387 g/mol. The number of carbonyl (C=O) groups excluding carboxylic acids is 1. The molecule has 2 aromatic heterocycles. The van der Waals surface area contributed by atoms with Gasteiger partial charge < -0.3 is 19.5 Å². The van der Waals surface area contributed by atoms with E-state index >= 15 is 0 Å². The molecule has 0 atom stereocenters. The number of carbonyl (C=O) groups is 1. The van der Waals surface area contributed by atoms with E-state index in [2.05, 4.69) is 15.3 Å². The van der Waals surface area contributed by atoms with E-state index in [-0.39, 0.29) is 25.1 Å². The zero-order chi connectivity index (χ0) is 20.6. The van der Waals surface area contributed by atoms with Crippen molar-refractivity contribution in [3.63, 3.8) is 0 Å². The highest BCUT2D eigenvalue weighted by Crippen LogP contribution is 2.35. The van der Waals surface area contributed by atoms with Gasteiger partial charge in [-0.2, -0.15) is 13.2 Å². The van der Waals surface area contributed by atoms with Crippen LogP contribution in [0.2, 0.25) is 0 Å². The maximum atomic E-state index is 13.1. The van der Waals surface area contributed by atoms with Crippen molar-refractivity contribution in [3.05, 3.63) is 54.4 Å². The van der Waals surface area contributed by atoms with Gasteiger partial charge in [0.15, 0.2) is 5.82 Å². The first-order chi connectivity index (χ1) is 13.8. The van der Waals surface area contributed by atoms with Gasteiger partial charge in [0, 0.05) is 12.6 Å². The van der Waals surface area contributed by atoms with Crippen molar-refractivity contribution in [3.8, 4) is 11.3 Å². The van der Waals surface area contributed by atoms with E-state index in [1.807, 2.05) is 0 Å². The Morgan fingerprint density at radius 2 is 2.07 bits per heavy atom. The minimum absolute atomic E-state index is 0.0518. The molecule has 0 radical (unpaired) electrons. The van der Waals surface area contributed by atoms with Gasteiger partial charge in [-0.3, -0.25) is 4.79 Å². The van der Waals surface area contributed by atoms with Crippen LogP contribution in [-0.2, 0) is 11.0 Å². The molecular formula is C19H16F3N5O2. The summed E-state index contributed by atoms with van der Waals surface area (Å²) in [4.78, 5) is 24.0. The average molecular weight is 403 g/mol. The van der Waals surface area contributed by atoms with E-state index in [9.17, 15) is 18.0 Å². The first kappa shape index (κ1) is 18.8. The average Bonchev–Trinajstić information content (AvgIpc) is 3.22. The number of anilines is 3. The van der Waals surface area contributed by atoms with Gasteiger partial charge in [-0.1, -0.05) is 12.1 Å². The lowest BCUT2D eigenvalue weighted by Crippen LogP contribution is -2.46. The summed E-state index contributed by atoms with van der Waals surface area (Å²) in [7, 11) is 1.63. The Morgan fingerprint density at radius 1 is 1.24 bits per heavy atom. The van der Waals surface area contributed by atoms with Crippen molar-refractivity contribution in [2.24, 2.45) is 0 Å². The number of hydrogen-bond acceptors (Lipinski definition) is 6. The van der Waals surface area contributed by atoms with Crippen LogP contribution in [0.5, 0.6) is 0 Å². The number of amides is 1. The molecule has 0 saturated carbocycles. The second-order valence-corrected chi connectivity index (χ2v) is 6.44. The predicted molar refractivity (Wildman–Crippen MR) is 100 cm³/mol. The maximum absolute atomic E-state index is 13.1. The molecule has 1 aromatic carbocycles. The molecule has 4 rings (SSSR count). The van der Waals surface area contributed by atoms with Crippen molar-refractivity contribution in [1.82, 2.24) is 9.97 Å². The van der Waals surface area contributed by atoms with E-state index in [0.717, 1.165) is 12.1 Å². The number of hydrogen-bond donors (Lipinski definition) is 1. The number of fused-ring (bicyclic) bond motifs is 1. The molecule has 0 unspecified atom stereocenters. The van der Waals surface area contributed by atoms with Crippen molar-refractivity contribution in [2.45, 2.75) is 6.18 Å². The highest BCUT2D eigenvalue weighted by molar-refractivity contribution is 6.02. The van der Waals surface area contributed by atoms with Crippen molar-refractivity contribution in [1.29, 1.82) is 0 Å². The normalized spacial score (nSPS) is 14.1. The van der Waals surface area contributed by atoms with Crippen LogP contribution in [0, 0.1) is 0 Å². The highest BCUT2D eigenvalue weighted by Gasteiger charge is 2.31. The van der Waals surface area contributed by atoms with Gasteiger partial charge in [0.1, 0.15) is 12.8 Å². The Kier molecular flexibility index (Phi) is 4.61. The van der Waals surface area contributed by atoms with Crippen LogP contribution in [0.15, 0.2) is 53.3 Å². The van der Waals surface area contributed by atoms with Crippen LogP contribution in [0.1, 0.15) is 5.56 Å². The van der Waals surface area contributed by atoms with Gasteiger partial charge in [0.05, 0.1) is 29.8 Å². The summed E-state index contributed by atoms with van der Waals surface area (Å²) in [6.45, 7) is 0.238. The number of nitrogens with one attached hydrogen (secondary N) is 1. The van der Waals surface area contributed by atoms with Crippen LogP contribution in [-0.4, -0.2) is 36.1 Å². The molecule has 1 aliphatic rings. The van der Waals surface area contributed by atoms with Gasteiger partial charge >= 0.3 is 6.18 Å². The van der Waals surface area contributed by atoms with Gasteiger partial charge in [-0.05, 0) is 24.3 Å². The van der Waals surface area contributed by atoms with Crippen LogP contribution in [0.25, 0.3) is 11.3 Å². The van der Waals surface area contributed by atoms with Gasteiger partial charge in [-0.25, -0.2) is 9.97 Å². The smallest absolute Gasteiger partial charge is 0.416 e. The number of oxazole rings is 1. The first-order valence-electron chi connectivity index (χ1n) is 8.66. The third-order valence-corrected chi connectivity index (χ3v) is 4.55. The SMILES string of the molecule is CN1C(=O)CN(CNc2ncco2)c2nc(-c3cccc(C(F)(F)F)c3)ccc21. The first-order valence-corrected chi connectivity index (χ1v) is 8.66. The Balaban J connectivity index is 1.69. The summed E-state index contributed by atoms with van der Waals surface area (Å²) in [6, 6.07) is 8.54. The molecule has 29 heavy (non-hydrogen) atoms. The molecule has 1 aliphatic heterocycles. The number of pyridine rings is 1. The number of benzene rings is 1. The lowest BCUT2D eigenvalue weighted by molar-refractivity contribution is -0.137. The Morgan fingerprint density at radius 3 is 2.79 bits per heavy atom. The van der Waals surface area contributed by atoms with Crippen LogP contribution < -0.4 is 15.1 Å². The fourth-order valence-electron chi connectivity index (χ4n) is 3.03. The molecule has 3 heterocycles. The Labute approximate surface area is 163 Å². The lowest BCUT2D eigenvalue weighted by Gasteiger charge is -2.34. The summed E-state index contributed by atoms with van der Waals surface area (Å²) in [5.74, 6) is 0.335. The monoisotopic (exact) mass is 403 g/mol. The van der Waals surface area contributed by atoms with Crippen molar-refractivity contribution >= 4 is 23.4 Å². The van der Waals surface area contributed by atoms with Crippen molar-refractivity contribution in [2.75, 3.05) is 35.4 Å². The summed E-state index contributed by atoms with van der Waals surface area (Å²) < 4.78 is 44.3. The fraction of sp³-hybridized carbons (Fsp3) is 0.211. The zero-order valence-corrected chi connectivity index (χ0v) is 15.3. The molecule has 1 N–H and O–H groups in total. The van der Waals surface area contributed by atoms with Gasteiger partial charge in [-0.15, -0.1) is 0 Å². The van der Waals surface area contributed by atoms with Crippen molar-refractivity contribution < 1.29 is 22.4 Å². The molecule has 0 bridgehead atoms. The largest absolute Gasteiger partial charge is 0.432 e. The maximum Gasteiger partial charge on any atom is 0.416 e. The Bertz CT molecular complexity index is 1040. The standard InChI is InChI=1S/C19H16F3N5O2/c1-26-15-6-5-14(12-3-2-4-13(9-12)19(20,21)22)25-17(15)27(10-16(26)28)11-24-18-23-7-8-29-18/h2-9H,10-11H2,1H3,(H,23,24). The molecule has 0 saturated heterocycles. The van der Waals surface area contributed by atoms with E-state index < -0.39 is 11.7 Å². The summed E-state index contributed by atoms with van der Waals surface area (Å²) >= 11 is 0. The van der Waals surface area contributed by atoms with E-state index in [4.69, 9.17) is 4.42 Å². The zero-order valence-electron chi connectivity index (χ0n) is 15.3. The number of aromatic nitrogens is 2. The topological polar surface area (TPSA) is 74.5 Å². The van der Waals surface area contributed by atoms with Gasteiger partial charge in [0.2, 0.25) is 5.91 Å². The van der Waals surface area contributed by atoms with E-state index in [1.165, 1.54) is 23.4 Å². The molecule has 150 valence electrons. The number of halogens is 3. The molecule has 10 heteroatoms.